The van der Waals surface area contributed by atoms with Crippen LogP contribution in [0.25, 0.3) is 0 Å². The van der Waals surface area contributed by atoms with Gasteiger partial charge < -0.3 is 9.15 Å². The van der Waals surface area contributed by atoms with Crippen molar-refractivity contribution < 1.29 is 13.9 Å². The fraction of sp³-hybridized carbons (Fsp3) is 0.444. The molecule has 1 saturated heterocycles. The van der Waals surface area contributed by atoms with E-state index in [1.165, 1.54) is 6.26 Å². The monoisotopic (exact) mass is 166 g/mol. The topological polar surface area (TPSA) is 39.4 Å². The Morgan fingerprint density at radius 2 is 2.50 bits per heavy atom. The van der Waals surface area contributed by atoms with Crippen molar-refractivity contribution in [2.75, 3.05) is 13.2 Å². The van der Waals surface area contributed by atoms with Crippen LogP contribution in [0.1, 0.15) is 17.0 Å². The van der Waals surface area contributed by atoms with Crippen LogP contribution >= 0.6 is 0 Å². The van der Waals surface area contributed by atoms with Gasteiger partial charge in [0.1, 0.15) is 0 Å². The fourth-order valence-corrected chi connectivity index (χ4v) is 1.36. The number of furan rings is 1. The van der Waals surface area contributed by atoms with Gasteiger partial charge in [-0.25, -0.2) is 0 Å². The lowest BCUT2D eigenvalue weighted by atomic mass is 10.0. The van der Waals surface area contributed by atoms with Crippen LogP contribution in [-0.4, -0.2) is 19.0 Å². The second-order valence-electron chi connectivity index (χ2n) is 2.90. The average molecular weight is 166 g/mol. The van der Waals surface area contributed by atoms with Crippen molar-refractivity contribution in [1.82, 2.24) is 0 Å². The summed E-state index contributed by atoms with van der Waals surface area (Å²) in [6.45, 7) is 1.23. The minimum absolute atomic E-state index is 0.0103. The predicted molar refractivity (Wildman–Crippen MR) is 42.0 cm³/mol. The van der Waals surface area contributed by atoms with E-state index in [4.69, 9.17) is 9.15 Å². The normalized spacial score (nSPS) is 22.8. The van der Waals surface area contributed by atoms with Crippen LogP contribution < -0.4 is 0 Å². The summed E-state index contributed by atoms with van der Waals surface area (Å²) < 4.78 is 10.1. The largest absolute Gasteiger partial charge is 0.461 e. The summed E-state index contributed by atoms with van der Waals surface area (Å²) in [7, 11) is 0. The zero-order valence-corrected chi connectivity index (χ0v) is 6.66. The summed E-state index contributed by atoms with van der Waals surface area (Å²) in [5, 5.41) is 0. The van der Waals surface area contributed by atoms with Crippen molar-refractivity contribution in [3.63, 3.8) is 0 Å². The highest BCUT2D eigenvalue weighted by atomic mass is 16.5. The summed E-state index contributed by atoms with van der Waals surface area (Å²) in [6.07, 6.45) is 2.34. The van der Waals surface area contributed by atoms with Crippen molar-refractivity contribution in [2.24, 2.45) is 5.92 Å². The minimum atomic E-state index is 0.0103. The molecule has 12 heavy (non-hydrogen) atoms. The Morgan fingerprint density at radius 3 is 3.08 bits per heavy atom. The van der Waals surface area contributed by atoms with E-state index in [2.05, 4.69) is 0 Å². The van der Waals surface area contributed by atoms with Crippen LogP contribution in [0.15, 0.2) is 22.8 Å². The smallest absolute Gasteiger partial charge is 0.203 e. The highest BCUT2D eigenvalue weighted by molar-refractivity contribution is 5.95. The van der Waals surface area contributed by atoms with Crippen LogP contribution in [-0.2, 0) is 4.74 Å². The third kappa shape index (κ3) is 1.28. The number of carbonyl (C=O) groups is 1. The Labute approximate surface area is 70.3 Å². The van der Waals surface area contributed by atoms with Gasteiger partial charge in [-0.3, -0.25) is 4.79 Å². The van der Waals surface area contributed by atoms with Gasteiger partial charge in [0.15, 0.2) is 5.76 Å². The van der Waals surface area contributed by atoms with Crippen molar-refractivity contribution in [1.29, 1.82) is 0 Å². The molecule has 1 aliphatic rings. The number of hydrogen-bond acceptors (Lipinski definition) is 3. The molecule has 0 aromatic carbocycles. The number of Topliss-reactive ketones (excluding diaryl/α,β-unsaturated/α-hetero) is 1. The maximum Gasteiger partial charge on any atom is 0.203 e. The molecule has 2 rings (SSSR count). The molecule has 1 unspecified atom stereocenters. The molecular weight excluding hydrogens is 156 g/mol. The number of carbonyl (C=O) groups excluding carboxylic acids is 1. The van der Waals surface area contributed by atoms with E-state index in [0.717, 1.165) is 6.42 Å². The lowest BCUT2D eigenvalue weighted by molar-refractivity contribution is 0.0872. The molecular formula is C9H10O3. The first kappa shape index (κ1) is 7.55. The molecule has 0 amide bonds. The first-order valence-electron chi connectivity index (χ1n) is 4.03. The van der Waals surface area contributed by atoms with Gasteiger partial charge in [-0.15, -0.1) is 0 Å². The highest BCUT2D eigenvalue weighted by Crippen LogP contribution is 2.18. The van der Waals surface area contributed by atoms with Gasteiger partial charge in [0.2, 0.25) is 5.78 Å². The third-order valence-electron chi connectivity index (χ3n) is 2.06. The van der Waals surface area contributed by atoms with Gasteiger partial charge >= 0.3 is 0 Å². The Bertz CT molecular complexity index is 257. The summed E-state index contributed by atoms with van der Waals surface area (Å²) in [5.41, 5.74) is 0. The van der Waals surface area contributed by atoms with Gasteiger partial charge in [-0.1, -0.05) is 0 Å². The Morgan fingerprint density at radius 1 is 1.58 bits per heavy atom. The molecule has 1 atom stereocenters. The van der Waals surface area contributed by atoms with Crippen LogP contribution in [0.5, 0.6) is 0 Å². The lowest BCUT2D eigenvalue weighted by Crippen LogP contribution is -2.13. The second-order valence-corrected chi connectivity index (χ2v) is 2.90. The molecule has 0 N–H and O–H groups in total. The van der Waals surface area contributed by atoms with Gasteiger partial charge in [-0.05, 0) is 18.6 Å². The molecule has 2 heterocycles. The predicted octanol–water partition coefficient (Wildman–Crippen LogP) is 1.50. The maximum atomic E-state index is 11.5. The van der Waals surface area contributed by atoms with E-state index in [9.17, 15) is 4.79 Å². The van der Waals surface area contributed by atoms with Crippen molar-refractivity contribution in [2.45, 2.75) is 6.42 Å². The quantitative estimate of drug-likeness (QED) is 0.625. The average Bonchev–Trinajstić information content (AvgIpc) is 2.77. The van der Waals surface area contributed by atoms with Crippen molar-refractivity contribution in [3.05, 3.63) is 24.2 Å². The van der Waals surface area contributed by atoms with Crippen LogP contribution in [0.3, 0.4) is 0 Å². The second kappa shape index (κ2) is 3.11. The zero-order chi connectivity index (χ0) is 8.39. The lowest BCUT2D eigenvalue weighted by Gasteiger charge is -2.01. The first-order valence-corrected chi connectivity index (χ1v) is 4.03. The van der Waals surface area contributed by atoms with E-state index in [0.29, 0.717) is 19.0 Å². The number of ether oxygens (including phenoxy) is 1. The van der Waals surface area contributed by atoms with E-state index in [1.54, 1.807) is 12.1 Å². The third-order valence-corrected chi connectivity index (χ3v) is 2.06. The number of ketones is 1. The first-order chi connectivity index (χ1) is 5.88. The van der Waals surface area contributed by atoms with E-state index in [1.807, 2.05) is 0 Å². The number of rotatable bonds is 2. The SMILES string of the molecule is O=C(c1ccco1)C1CCOC1. The molecule has 3 heteroatoms. The maximum absolute atomic E-state index is 11.5. The summed E-state index contributed by atoms with van der Waals surface area (Å²) >= 11 is 0. The van der Waals surface area contributed by atoms with Gasteiger partial charge in [0.25, 0.3) is 0 Å². The Balaban J connectivity index is 2.09. The van der Waals surface area contributed by atoms with E-state index in [-0.39, 0.29) is 11.7 Å². The molecule has 1 aromatic heterocycles. The molecule has 0 saturated carbocycles. The molecule has 0 radical (unpaired) electrons. The Kier molecular flexibility index (Phi) is 1.96. The minimum Gasteiger partial charge on any atom is -0.461 e. The van der Waals surface area contributed by atoms with Crippen molar-refractivity contribution in [3.8, 4) is 0 Å². The molecule has 0 bridgehead atoms. The van der Waals surface area contributed by atoms with Gasteiger partial charge in [0, 0.05) is 6.61 Å². The van der Waals surface area contributed by atoms with Gasteiger partial charge in [0.05, 0.1) is 18.8 Å². The molecule has 0 aliphatic carbocycles. The summed E-state index contributed by atoms with van der Waals surface area (Å²) in [4.78, 5) is 11.5. The van der Waals surface area contributed by atoms with Crippen LogP contribution in [0.2, 0.25) is 0 Å². The van der Waals surface area contributed by atoms with Gasteiger partial charge in [-0.2, -0.15) is 0 Å². The number of hydrogen-bond donors (Lipinski definition) is 0. The van der Waals surface area contributed by atoms with Crippen LogP contribution in [0, 0.1) is 5.92 Å². The highest BCUT2D eigenvalue weighted by Gasteiger charge is 2.25. The Hall–Kier alpha value is -1.09. The zero-order valence-electron chi connectivity index (χ0n) is 6.66. The molecule has 1 fully saturated rings. The molecule has 64 valence electrons. The van der Waals surface area contributed by atoms with E-state index < -0.39 is 0 Å². The molecule has 3 nitrogen and oxygen atoms in total. The van der Waals surface area contributed by atoms with Crippen LogP contribution in [0.4, 0.5) is 0 Å². The van der Waals surface area contributed by atoms with E-state index >= 15 is 0 Å². The summed E-state index contributed by atoms with van der Waals surface area (Å²) in [6, 6.07) is 3.42. The molecule has 0 spiro atoms. The summed E-state index contributed by atoms with van der Waals surface area (Å²) in [5.74, 6) is 0.527. The molecule has 1 aliphatic heterocycles. The van der Waals surface area contributed by atoms with Crippen molar-refractivity contribution >= 4 is 5.78 Å². The standard InChI is InChI=1S/C9H10O3/c10-9(7-3-5-11-6-7)8-2-1-4-12-8/h1-2,4,7H,3,5-6H2. The fourth-order valence-electron chi connectivity index (χ4n) is 1.36. The molecule has 1 aromatic rings.